The monoisotopic (exact) mass is 307 g/mol. The van der Waals surface area contributed by atoms with Crippen LogP contribution in [0.5, 0.6) is 0 Å². The SMILES string of the molecule is CC1(C)CCC(NC(=O)c2ccc(C=O)cc2)c2ccccc21. The predicted molar refractivity (Wildman–Crippen MR) is 90.7 cm³/mol. The van der Waals surface area contributed by atoms with Gasteiger partial charge >= 0.3 is 0 Å². The summed E-state index contributed by atoms with van der Waals surface area (Å²) in [7, 11) is 0. The summed E-state index contributed by atoms with van der Waals surface area (Å²) in [5, 5.41) is 3.14. The van der Waals surface area contributed by atoms with Gasteiger partial charge in [-0.05, 0) is 41.5 Å². The van der Waals surface area contributed by atoms with E-state index < -0.39 is 0 Å². The van der Waals surface area contributed by atoms with Gasteiger partial charge in [0.15, 0.2) is 0 Å². The average molecular weight is 307 g/mol. The van der Waals surface area contributed by atoms with E-state index >= 15 is 0 Å². The summed E-state index contributed by atoms with van der Waals surface area (Å²) in [4.78, 5) is 23.2. The molecule has 0 bridgehead atoms. The van der Waals surface area contributed by atoms with Gasteiger partial charge in [-0.25, -0.2) is 0 Å². The summed E-state index contributed by atoms with van der Waals surface area (Å²) >= 11 is 0. The molecule has 0 aliphatic heterocycles. The highest BCUT2D eigenvalue weighted by Gasteiger charge is 2.32. The van der Waals surface area contributed by atoms with Crippen LogP contribution in [0.25, 0.3) is 0 Å². The Balaban J connectivity index is 1.82. The number of carbonyl (C=O) groups excluding carboxylic acids is 2. The van der Waals surface area contributed by atoms with Crippen LogP contribution in [0.15, 0.2) is 48.5 Å². The molecule has 118 valence electrons. The van der Waals surface area contributed by atoms with Crippen LogP contribution in [0, 0.1) is 0 Å². The van der Waals surface area contributed by atoms with Crippen LogP contribution in [0.4, 0.5) is 0 Å². The minimum Gasteiger partial charge on any atom is -0.345 e. The number of hydrogen-bond donors (Lipinski definition) is 1. The maximum absolute atomic E-state index is 12.5. The predicted octanol–water partition coefficient (Wildman–Crippen LogP) is 4.04. The van der Waals surface area contributed by atoms with E-state index in [2.05, 4.69) is 37.4 Å². The van der Waals surface area contributed by atoms with E-state index in [4.69, 9.17) is 0 Å². The largest absolute Gasteiger partial charge is 0.345 e. The molecule has 0 fully saturated rings. The molecule has 3 rings (SSSR count). The van der Waals surface area contributed by atoms with E-state index in [0.717, 1.165) is 19.1 Å². The highest BCUT2D eigenvalue weighted by molar-refractivity contribution is 5.95. The van der Waals surface area contributed by atoms with Crippen LogP contribution in [0.2, 0.25) is 0 Å². The molecular weight excluding hydrogens is 286 g/mol. The Morgan fingerprint density at radius 2 is 1.83 bits per heavy atom. The normalized spacial score (nSPS) is 18.8. The summed E-state index contributed by atoms with van der Waals surface area (Å²) in [5.74, 6) is -0.0954. The molecule has 1 aliphatic carbocycles. The van der Waals surface area contributed by atoms with E-state index in [1.807, 2.05) is 6.07 Å². The van der Waals surface area contributed by atoms with Gasteiger partial charge in [-0.2, -0.15) is 0 Å². The summed E-state index contributed by atoms with van der Waals surface area (Å²) in [6.07, 6.45) is 2.75. The second-order valence-electron chi connectivity index (χ2n) is 6.78. The van der Waals surface area contributed by atoms with Crippen molar-refractivity contribution in [3.63, 3.8) is 0 Å². The molecule has 0 aromatic heterocycles. The molecule has 0 saturated carbocycles. The molecule has 3 heteroatoms. The molecule has 0 saturated heterocycles. The van der Waals surface area contributed by atoms with Crippen molar-refractivity contribution in [2.45, 2.75) is 38.1 Å². The van der Waals surface area contributed by atoms with Gasteiger partial charge in [0.1, 0.15) is 6.29 Å². The first-order valence-electron chi connectivity index (χ1n) is 7.97. The first-order valence-corrected chi connectivity index (χ1v) is 7.97. The van der Waals surface area contributed by atoms with Crippen molar-refractivity contribution in [3.05, 3.63) is 70.8 Å². The molecule has 1 N–H and O–H groups in total. The number of fused-ring (bicyclic) bond motifs is 1. The molecule has 1 aliphatic rings. The van der Waals surface area contributed by atoms with Crippen LogP contribution >= 0.6 is 0 Å². The van der Waals surface area contributed by atoms with Crippen molar-refractivity contribution in [1.29, 1.82) is 0 Å². The van der Waals surface area contributed by atoms with Gasteiger partial charge in [-0.15, -0.1) is 0 Å². The second-order valence-corrected chi connectivity index (χ2v) is 6.78. The topological polar surface area (TPSA) is 46.2 Å². The van der Waals surface area contributed by atoms with Gasteiger partial charge in [0.25, 0.3) is 5.91 Å². The lowest BCUT2D eigenvalue weighted by atomic mass is 9.71. The zero-order valence-electron chi connectivity index (χ0n) is 13.5. The van der Waals surface area contributed by atoms with Crippen molar-refractivity contribution in [2.75, 3.05) is 0 Å². The Morgan fingerprint density at radius 3 is 2.52 bits per heavy atom. The lowest BCUT2D eigenvalue weighted by Crippen LogP contribution is -2.35. The molecule has 3 nitrogen and oxygen atoms in total. The van der Waals surface area contributed by atoms with Gasteiger partial charge < -0.3 is 5.32 Å². The number of carbonyl (C=O) groups is 2. The molecule has 23 heavy (non-hydrogen) atoms. The molecule has 2 aromatic carbocycles. The quantitative estimate of drug-likeness (QED) is 0.870. The van der Waals surface area contributed by atoms with Gasteiger partial charge in [0.05, 0.1) is 6.04 Å². The molecule has 1 amide bonds. The third kappa shape index (κ3) is 3.04. The Labute approximate surface area is 136 Å². The van der Waals surface area contributed by atoms with Crippen LogP contribution in [0.3, 0.4) is 0 Å². The van der Waals surface area contributed by atoms with Crippen molar-refractivity contribution < 1.29 is 9.59 Å². The van der Waals surface area contributed by atoms with E-state index in [1.165, 1.54) is 11.1 Å². The number of amides is 1. The standard InChI is InChI=1S/C20H21NO2/c1-20(2)12-11-18(16-5-3-4-6-17(16)20)21-19(23)15-9-7-14(13-22)8-10-15/h3-10,13,18H,11-12H2,1-2H3,(H,21,23). The second kappa shape index (κ2) is 5.99. The first kappa shape index (κ1) is 15.5. The van der Waals surface area contributed by atoms with Crippen LogP contribution in [0.1, 0.15) is 64.6 Å². The Bertz CT molecular complexity index is 732. The fourth-order valence-corrected chi connectivity index (χ4v) is 3.32. The van der Waals surface area contributed by atoms with Crippen molar-refractivity contribution in [3.8, 4) is 0 Å². The number of rotatable bonds is 3. The number of benzene rings is 2. The van der Waals surface area contributed by atoms with Crippen molar-refractivity contribution in [2.24, 2.45) is 0 Å². The summed E-state index contributed by atoms with van der Waals surface area (Å²) in [6.45, 7) is 4.50. The highest BCUT2D eigenvalue weighted by atomic mass is 16.1. The third-order valence-corrected chi connectivity index (χ3v) is 4.74. The fourth-order valence-electron chi connectivity index (χ4n) is 3.32. The Morgan fingerprint density at radius 1 is 1.13 bits per heavy atom. The van der Waals surface area contributed by atoms with E-state index in [0.29, 0.717) is 11.1 Å². The van der Waals surface area contributed by atoms with Crippen LogP contribution < -0.4 is 5.32 Å². The van der Waals surface area contributed by atoms with Gasteiger partial charge in [0, 0.05) is 11.1 Å². The third-order valence-electron chi connectivity index (χ3n) is 4.74. The maximum atomic E-state index is 12.5. The number of hydrogen-bond acceptors (Lipinski definition) is 2. The van der Waals surface area contributed by atoms with Gasteiger partial charge in [0.2, 0.25) is 0 Å². The summed E-state index contributed by atoms with van der Waals surface area (Å²) in [6, 6.07) is 15.1. The molecular formula is C20H21NO2. The van der Waals surface area contributed by atoms with Gasteiger partial charge in [-0.1, -0.05) is 50.2 Å². The van der Waals surface area contributed by atoms with Gasteiger partial charge in [-0.3, -0.25) is 9.59 Å². The van der Waals surface area contributed by atoms with Crippen molar-refractivity contribution in [1.82, 2.24) is 5.32 Å². The van der Waals surface area contributed by atoms with E-state index in [9.17, 15) is 9.59 Å². The molecule has 0 heterocycles. The lowest BCUT2D eigenvalue weighted by Gasteiger charge is -2.37. The molecule has 1 unspecified atom stereocenters. The first-order chi connectivity index (χ1) is 11.0. The summed E-state index contributed by atoms with van der Waals surface area (Å²) < 4.78 is 0. The molecule has 2 aromatic rings. The molecule has 1 atom stereocenters. The average Bonchev–Trinajstić information content (AvgIpc) is 2.58. The summed E-state index contributed by atoms with van der Waals surface area (Å²) in [5.41, 5.74) is 3.82. The van der Waals surface area contributed by atoms with Crippen molar-refractivity contribution >= 4 is 12.2 Å². The number of aldehydes is 1. The van der Waals surface area contributed by atoms with Crippen LogP contribution in [-0.2, 0) is 5.41 Å². The minimum atomic E-state index is -0.0954. The molecule has 0 spiro atoms. The number of nitrogens with one attached hydrogen (secondary N) is 1. The lowest BCUT2D eigenvalue weighted by molar-refractivity contribution is 0.0929. The van der Waals surface area contributed by atoms with E-state index in [-0.39, 0.29) is 17.4 Å². The Hall–Kier alpha value is -2.42. The zero-order chi connectivity index (χ0) is 16.4. The highest BCUT2D eigenvalue weighted by Crippen LogP contribution is 2.41. The Kier molecular flexibility index (Phi) is 4.03. The smallest absolute Gasteiger partial charge is 0.251 e. The fraction of sp³-hybridized carbons (Fsp3) is 0.300. The van der Waals surface area contributed by atoms with Crippen LogP contribution in [-0.4, -0.2) is 12.2 Å². The zero-order valence-corrected chi connectivity index (χ0v) is 13.5. The van der Waals surface area contributed by atoms with E-state index in [1.54, 1.807) is 24.3 Å². The maximum Gasteiger partial charge on any atom is 0.251 e. The molecule has 0 radical (unpaired) electrons. The minimum absolute atomic E-state index is 0.0393.